The summed E-state index contributed by atoms with van der Waals surface area (Å²) in [5.41, 5.74) is 7.77. The molecule has 1 nitrogen and oxygen atoms in total. The molecule has 18 heavy (non-hydrogen) atoms. The van der Waals surface area contributed by atoms with E-state index in [1.807, 2.05) is 25.1 Å². The molecule has 3 unspecified atom stereocenters. The van der Waals surface area contributed by atoms with E-state index in [9.17, 15) is 4.39 Å². The molecular weight excluding hydrogens is 225 g/mol. The standard InChI is InChI=1S/C16H24FN/c1-3-12-8-4-5-9-13(12)16(18)14-10-6-7-11(2)15(14)17/h6-7,10,12-13,16H,3-5,8-9,18H2,1-2H3. The maximum absolute atomic E-state index is 14.2. The molecule has 0 spiro atoms. The Balaban J connectivity index is 2.23. The molecule has 2 heteroatoms. The van der Waals surface area contributed by atoms with Gasteiger partial charge in [0.05, 0.1) is 0 Å². The van der Waals surface area contributed by atoms with Crippen LogP contribution in [-0.4, -0.2) is 0 Å². The van der Waals surface area contributed by atoms with Crippen molar-refractivity contribution in [2.75, 3.05) is 0 Å². The Kier molecular flexibility index (Phi) is 4.39. The summed E-state index contributed by atoms with van der Waals surface area (Å²) >= 11 is 0. The maximum Gasteiger partial charge on any atom is 0.130 e. The fraction of sp³-hybridized carbons (Fsp3) is 0.625. The highest BCUT2D eigenvalue weighted by atomic mass is 19.1. The van der Waals surface area contributed by atoms with Crippen LogP contribution in [0.4, 0.5) is 4.39 Å². The van der Waals surface area contributed by atoms with Gasteiger partial charge in [0.15, 0.2) is 0 Å². The molecule has 1 fully saturated rings. The van der Waals surface area contributed by atoms with Gasteiger partial charge < -0.3 is 5.73 Å². The third-order valence-corrected chi connectivity index (χ3v) is 4.53. The molecule has 0 bridgehead atoms. The first-order chi connectivity index (χ1) is 8.65. The highest BCUT2D eigenvalue weighted by Gasteiger charge is 2.30. The first-order valence-electron chi connectivity index (χ1n) is 7.15. The van der Waals surface area contributed by atoms with Crippen molar-refractivity contribution in [3.8, 4) is 0 Å². The summed E-state index contributed by atoms with van der Waals surface area (Å²) in [4.78, 5) is 0. The zero-order valence-corrected chi connectivity index (χ0v) is 11.5. The summed E-state index contributed by atoms with van der Waals surface area (Å²) in [7, 11) is 0. The average Bonchev–Trinajstić information content (AvgIpc) is 2.41. The molecule has 2 rings (SSSR count). The summed E-state index contributed by atoms with van der Waals surface area (Å²) in [5, 5.41) is 0. The highest BCUT2D eigenvalue weighted by molar-refractivity contribution is 5.28. The molecule has 100 valence electrons. The Morgan fingerprint density at radius 1 is 1.33 bits per heavy atom. The quantitative estimate of drug-likeness (QED) is 0.846. The summed E-state index contributed by atoms with van der Waals surface area (Å²) in [6.07, 6.45) is 6.10. The van der Waals surface area contributed by atoms with Gasteiger partial charge in [-0.3, -0.25) is 0 Å². The van der Waals surface area contributed by atoms with Crippen LogP contribution in [0.3, 0.4) is 0 Å². The maximum atomic E-state index is 14.2. The van der Waals surface area contributed by atoms with Gasteiger partial charge in [0.2, 0.25) is 0 Å². The van der Waals surface area contributed by atoms with Crippen LogP contribution in [0.25, 0.3) is 0 Å². The zero-order valence-electron chi connectivity index (χ0n) is 11.5. The number of hydrogen-bond donors (Lipinski definition) is 1. The van der Waals surface area contributed by atoms with Crippen LogP contribution < -0.4 is 5.73 Å². The van der Waals surface area contributed by atoms with Crippen LogP contribution >= 0.6 is 0 Å². The van der Waals surface area contributed by atoms with E-state index in [4.69, 9.17) is 5.73 Å². The molecule has 0 radical (unpaired) electrons. The molecule has 0 aliphatic heterocycles. The largest absolute Gasteiger partial charge is 0.324 e. The van der Waals surface area contributed by atoms with E-state index < -0.39 is 0 Å². The SMILES string of the molecule is CCC1CCCCC1C(N)c1cccc(C)c1F. The smallest absolute Gasteiger partial charge is 0.130 e. The summed E-state index contributed by atoms with van der Waals surface area (Å²) < 4.78 is 14.2. The van der Waals surface area contributed by atoms with Crippen LogP contribution in [0.1, 0.15) is 56.2 Å². The minimum atomic E-state index is -0.143. The molecule has 1 aliphatic rings. The molecule has 0 amide bonds. The van der Waals surface area contributed by atoms with Crippen LogP contribution in [0.5, 0.6) is 0 Å². The first kappa shape index (κ1) is 13.5. The Morgan fingerprint density at radius 3 is 2.78 bits per heavy atom. The van der Waals surface area contributed by atoms with Gasteiger partial charge in [0.1, 0.15) is 5.82 Å². The molecule has 0 saturated heterocycles. The van der Waals surface area contributed by atoms with E-state index in [0.717, 1.165) is 12.8 Å². The second-order valence-electron chi connectivity index (χ2n) is 5.62. The molecule has 1 saturated carbocycles. The fourth-order valence-electron chi connectivity index (χ4n) is 3.37. The second kappa shape index (κ2) is 5.83. The van der Waals surface area contributed by atoms with Gasteiger partial charge in [-0.15, -0.1) is 0 Å². The van der Waals surface area contributed by atoms with Crippen LogP contribution in [0, 0.1) is 24.6 Å². The molecule has 3 atom stereocenters. The van der Waals surface area contributed by atoms with Crippen LogP contribution in [0.2, 0.25) is 0 Å². The lowest BCUT2D eigenvalue weighted by Crippen LogP contribution is -2.31. The lowest BCUT2D eigenvalue weighted by molar-refractivity contribution is 0.194. The van der Waals surface area contributed by atoms with Crippen molar-refractivity contribution < 1.29 is 4.39 Å². The van der Waals surface area contributed by atoms with Crippen molar-refractivity contribution in [1.82, 2.24) is 0 Å². The molecular formula is C16H24FN. The van der Waals surface area contributed by atoms with Gasteiger partial charge in [0, 0.05) is 11.6 Å². The van der Waals surface area contributed by atoms with Crippen molar-refractivity contribution >= 4 is 0 Å². The average molecular weight is 249 g/mol. The van der Waals surface area contributed by atoms with E-state index in [1.165, 1.54) is 19.3 Å². The lowest BCUT2D eigenvalue weighted by atomic mass is 9.72. The van der Waals surface area contributed by atoms with E-state index >= 15 is 0 Å². The predicted octanol–water partition coefficient (Wildman–Crippen LogP) is 4.35. The van der Waals surface area contributed by atoms with Crippen molar-refractivity contribution in [2.24, 2.45) is 17.6 Å². The third kappa shape index (κ3) is 2.59. The summed E-state index contributed by atoms with van der Waals surface area (Å²) in [6.45, 7) is 4.03. The van der Waals surface area contributed by atoms with Crippen LogP contribution in [0.15, 0.2) is 18.2 Å². The molecule has 2 N–H and O–H groups in total. The Bertz CT molecular complexity index is 402. The summed E-state index contributed by atoms with van der Waals surface area (Å²) in [5.74, 6) is 0.999. The van der Waals surface area contributed by atoms with Gasteiger partial charge in [-0.25, -0.2) is 4.39 Å². The van der Waals surface area contributed by atoms with E-state index in [0.29, 0.717) is 23.0 Å². The molecule has 1 aromatic carbocycles. The van der Waals surface area contributed by atoms with Gasteiger partial charge in [-0.1, -0.05) is 50.8 Å². The highest BCUT2D eigenvalue weighted by Crippen LogP contribution is 2.39. The van der Waals surface area contributed by atoms with E-state index in [1.54, 1.807) is 0 Å². The molecule has 0 heterocycles. The fourth-order valence-corrected chi connectivity index (χ4v) is 3.37. The lowest BCUT2D eigenvalue weighted by Gasteiger charge is -2.35. The Hall–Kier alpha value is -0.890. The Labute approximate surface area is 110 Å². The number of hydrogen-bond acceptors (Lipinski definition) is 1. The normalized spacial score (nSPS) is 26.0. The van der Waals surface area contributed by atoms with Crippen molar-refractivity contribution in [1.29, 1.82) is 0 Å². The van der Waals surface area contributed by atoms with Gasteiger partial charge in [-0.05, 0) is 30.7 Å². The van der Waals surface area contributed by atoms with Crippen LogP contribution in [-0.2, 0) is 0 Å². The van der Waals surface area contributed by atoms with Gasteiger partial charge in [-0.2, -0.15) is 0 Å². The molecule has 0 aromatic heterocycles. The van der Waals surface area contributed by atoms with E-state index in [-0.39, 0.29) is 11.9 Å². The van der Waals surface area contributed by atoms with Crippen molar-refractivity contribution in [3.63, 3.8) is 0 Å². The molecule has 1 aliphatic carbocycles. The zero-order chi connectivity index (χ0) is 13.1. The number of benzene rings is 1. The summed E-state index contributed by atoms with van der Waals surface area (Å²) in [6, 6.07) is 5.44. The van der Waals surface area contributed by atoms with Crippen molar-refractivity contribution in [3.05, 3.63) is 35.1 Å². The molecule has 1 aromatic rings. The number of rotatable bonds is 3. The Morgan fingerprint density at radius 2 is 2.06 bits per heavy atom. The predicted molar refractivity (Wildman–Crippen MR) is 73.8 cm³/mol. The monoisotopic (exact) mass is 249 g/mol. The minimum Gasteiger partial charge on any atom is -0.324 e. The number of halogens is 1. The number of nitrogens with two attached hydrogens (primary N) is 1. The minimum absolute atomic E-state index is 0.106. The van der Waals surface area contributed by atoms with Crippen molar-refractivity contribution in [2.45, 2.75) is 52.0 Å². The van der Waals surface area contributed by atoms with Gasteiger partial charge >= 0.3 is 0 Å². The first-order valence-corrected chi connectivity index (χ1v) is 7.15. The van der Waals surface area contributed by atoms with Gasteiger partial charge in [0.25, 0.3) is 0 Å². The second-order valence-corrected chi connectivity index (χ2v) is 5.62. The third-order valence-electron chi connectivity index (χ3n) is 4.53. The topological polar surface area (TPSA) is 26.0 Å². The van der Waals surface area contributed by atoms with E-state index in [2.05, 4.69) is 6.92 Å². The number of aryl methyl sites for hydroxylation is 1.